The second kappa shape index (κ2) is 12.0. The molecule has 3 aromatic carbocycles. The Bertz CT molecular complexity index is 1200. The summed E-state index contributed by atoms with van der Waals surface area (Å²) in [6.45, 7) is 3.43. The number of ether oxygens (including phenoxy) is 1. The van der Waals surface area contributed by atoms with Crippen LogP contribution in [0.4, 0.5) is 5.69 Å². The molecule has 1 aliphatic heterocycles. The molecule has 4 rings (SSSR count). The highest BCUT2D eigenvalue weighted by Gasteiger charge is 2.43. The summed E-state index contributed by atoms with van der Waals surface area (Å²) in [6.07, 6.45) is 0.898. The summed E-state index contributed by atoms with van der Waals surface area (Å²) in [7, 11) is 0. The number of amides is 2. The molecule has 1 N–H and O–H groups in total. The quantitative estimate of drug-likeness (QED) is 0.349. The number of nitrogens with zero attached hydrogens (tertiary/aromatic N) is 2. The van der Waals surface area contributed by atoms with Gasteiger partial charge in [-0.15, -0.1) is 0 Å². The highest BCUT2D eigenvalue weighted by Crippen LogP contribution is 2.26. The van der Waals surface area contributed by atoms with Crippen LogP contribution in [0.15, 0.2) is 78.9 Å². The first-order valence-corrected chi connectivity index (χ1v) is 12.7. The Kier molecular flexibility index (Phi) is 8.57. The molecule has 1 heterocycles. The summed E-state index contributed by atoms with van der Waals surface area (Å²) >= 11 is 11.8. The van der Waals surface area contributed by atoms with Crippen LogP contribution >= 0.6 is 23.8 Å². The number of hydrogen-bond acceptors (Lipinski definition) is 4. The molecule has 1 fully saturated rings. The van der Waals surface area contributed by atoms with E-state index in [4.69, 9.17) is 28.6 Å². The third-order valence-electron chi connectivity index (χ3n) is 5.84. The molecule has 6 nitrogen and oxygen atoms in total. The van der Waals surface area contributed by atoms with Gasteiger partial charge < -0.3 is 15.0 Å². The van der Waals surface area contributed by atoms with Crippen LogP contribution in [0.2, 0.25) is 5.02 Å². The molecule has 0 saturated carbocycles. The fraction of sp³-hybridized carbons (Fsp3) is 0.250. The second-order valence-electron chi connectivity index (χ2n) is 8.59. The summed E-state index contributed by atoms with van der Waals surface area (Å²) in [5, 5.41) is 3.93. The molecule has 3 aromatic rings. The number of nitrogens with one attached hydrogen (secondary N) is 1. The molecule has 1 unspecified atom stereocenters. The largest absolute Gasteiger partial charge is 0.494 e. The van der Waals surface area contributed by atoms with Crippen LogP contribution < -0.4 is 10.1 Å². The van der Waals surface area contributed by atoms with Crippen molar-refractivity contribution in [1.29, 1.82) is 0 Å². The van der Waals surface area contributed by atoms with Gasteiger partial charge in [0.15, 0.2) is 5.11 Å². The molecule has 0 radical (unpaired) electrons. The average molecular weight is 522 g/mol. The first-order valence-electron chi connectivity index (χ1n) is 11.9. The molecular weight excluding hydrogens is 494 g/mol. The van der Waals surface area contributed by atoms with Gasteiger partial charge in [-0.2, -0.15) is 0 Å². The van der Waals surface area contributed by atoms with Gasteiger partial charge in [0.1, 0.15) is 11.8 Å². The maximum atomic E-state index is 13.5. The second-order valence-corrected chi connectivity index (χ2v) is 9.39. The van der Waals surface area contributed by atoms with Gasteiger partial charge in [-0.3, -0.25) is 14.5 Å². The zero-order valence-electron chi connectivity index (χ0n) is 20.0. The van der Waals surface area contributed by atoms with E-state index in [9.17, 15) is 9.59 Å². The summed E-state index contributed by atoms with van der Waals surface area (Å²) < 4.78 is 5.60. The Morgan fingerprint density at radius 3 is 2.31 bits per heavy atom. The number of anilines is 1. The number of thiocarbonyl (C=S) groups is 1. The standard InChI is InChI=1S/C28H28ClN3O3S/c1-2-16-35-24-14-12-23(13-15-24)30-26(33)17-25-27(34)32(19-20-6-4-3-5-7-20)28(36)31(25)18-21-8-10-22(29)11-9-21/h3-15,25H,2,16-19H2,1H3,(H,30,33). The third-order valence-corrected chi connectivity index (χ3v) is 6.55. The molecule has 2 amide bonds. The normalized spacial score (nSPS) is 15.3. The smallest absolute Gasteiger partial charge is 0.252 e. The third kappa shape index (κ3) is 6.42. The van der Waals surface area contributed by atoms with E-state index in [1.54, 1.807) is 29.2 Å². The molecule has 0 spiro atoms. The lowest BCUT2D eigenvalue weighted by Gasteiger charge is -2.24. The highest BCUT2D eigenvalue weighted by molar-refractivity contribution is 7.80. The van der Waals surface area contributed by atoms with Gasteiger partial charge in [-0.05, 0) is 66.2 Å². The molecule has 1 aliphatic rings. The van der Waals surface area contributed by atoms with Crippen LogP contribution in [0, 0.1) is 0 Å². The molecule has 0 aliphatic carbocycles. The summed E-state index contributed by atoms with van der Waals surface area (Å²) in [5.41, 5.74) is 2.56. The van der Waals surface area contributed by atoms with Gasteiger partial charge in [0.25, 0.3) is 5.91 Å². The van der Waals surface area contributed by atoms with Gasteiger partial charge in [-0.25, -0.2) is 0 Å². The SMILES string of the molecule is CCCOc1ccc(NC(=O)CC2C(=O)N(Cc3ccccc3)C(=S)N2Cc2ccc(Cl)cc2)cc1. The summed E-state index contributed by atoms with van der Waals surface area (Å²) in [5.74, 6) is 0.300. The number of carbonyl (C=O) groups excluding carboxylic acids is 2. The van der Waals surface area contributed by atoms with Gasteiger partial charge in [0, 0.05) is 17.3 Å². The van der Waals surface area contributed by atoms with Gasteiger partial charge >= 0.3 is 0 Å². The fourth-order valence-corrected chi connectivity index (χ4v) is 4.48. The first-order chi connectivity index (χ1) is 17.4. The number of halogens is 1. The summed E-state index contributed by atoms with van der Waals surface area (Å²) in [4.78, 5) is 29.9. The van der Waals surface area contributed by atoms with Crippen molar-refractivity contribution < 1.29 is 14.3 Å². The van der Waals surface area contributed by atoms with E-state index in [0.717, 1.165) is 23.3 Å². The molecule has 0 bridgehead atoms. The van der Waals surface area contributed by atoms with Crippen molar-refractivity contribution in [2.24, 2.45) is 0 Å². The number of hydrogen-bond donors (Lipinski definition) is 1. The van der Waals surface area contributed by atoms with Gasteiger partial charge in [-0.1, -0.05) is 61.0 Å². The minimum Gasteiger partial charge on any atom is -0.494 e. The Morgan fingerprint density at radius 1 is 0.972 bits per heavy atom. The first kappa shape index (κ1) is 25.7. The molecule has 8 heteroatoms. The lowest BCUT2D eigenvalue weighted by atomic mass is 10.1. The molecular formula is C28H28ClN3O3S. The van der Waals surface area contributed by atoms with Crippen LogP contribution in [0.5, 0.6) is 5.75 Å². The van der Waals surface area contributed by atoms with Crippen molar-refractivity contribution in [2.45, 2.75) is 38.9 Å². The Labute approximate surface area is 221 Å². The Balaban J connectivity index is 1.49. The zero-order chi connectivity index (χ0) is 25.5. The molecule has 1 atom stereocenters. The van der Waals surface area contributed by atoms with E-state index in [1.807, 2.05) is 66.4 Å². The van der Waals surface area contributed by atoms with Crippen molar-refractivity contribution >= 4 is 46.4 Å². The predicted molar refractivity (Wildman–Crippen MR) is 146 cm³/mol. The number of rotatable bonds is 10. The Morgan fingerprint density at radius 2 is 1.64 bits per heavy atom. The Hall–Kier alpha value is -3.42. The maximum absolute atomic E-state index is 13.5. The average Bonchev–Trinajstić information content (AvgIpc) is 3.09. The zero-order valence-corrected chi connectivity index (χ0v) is 21.6. The van der Waals surface area contributed by atoms with Gasteiger partial charge in [0.2, 0.25) is 5.91 Å². The minimum absolute atomic E-state index is 0.0219. The van der Waals surface area contributed by atoms with Crippen molar-refractivity contribution in [2.75, 3.05) is 11.9 Å². The number of carbonyl (C=O) groups is 2. The van der Waals surface area contributed by atoms with Gasteiger partial charge in [0.05, 0.1) is 19.6 Å². The number of benzene rings is 3. The van der Waals surface area contributed by atoms with Crippen LogP contribution in [0.3, 0.4) is 0 Å². The van der Waals surface area contributed by atoms with Crippen molar-refractivity contribution in [3.63, 3.8) is 0 Å². The van der Waals surface area contributed by atoms with E-state index >= 15 is 0 Å². The highest BCUT2D eigenvalue weighted by atomic mass is 35.5. The van der Waals surface area contributed by atoms with E-state index < -0.39 is 6.04 Å². The van der Waals surface area contributed by atoms with Crippen molar-refractivity contribution in [1.82, 2.24) is 9.80 Å². The molecule has 1 saturated heterocycles. The monoisotopic (exact) mass is 521 g/mol. The lowest BCUT2D eigenvalue weighted by molar-refractivity contribution is -0.131. The van der Waals surface area contributed by atoms with Crippen LogP contribution in [-0.4, -0.2) is 39.4 Å². The topological polar surface area (TPSA) is 61.9 Å². The van der Waals surface area contributed by atoms with Crippen LogP contribution in [-0.2, 0) is 22.7 Å². The van der Waals surface area contributed by atoms with Crippen molar-refractivity contribution in [3.8, 4) is 5.75 Å². The molecule has 36 heavy (non-hydrogen) atoms. The van der Waals surface area contributed by atoms with Crippen LogP contribution in [0.25, 0.3) is 0 Å². The van der Waals surface area contributed by atoms with Crippen LogP contribution in [0.1, 0.15) is 30.9 Å². The van der Waals surface area contributed by atoms with Crippen molar-refractivity contribution in [3.05, 3.63) is 95.0 Å². The fourth-order valence-electron chi connectivity index (χ4n) is 4.01. The summed E-state index contributed by atoms with van der Waals surface area (Å²) in [6, 6.07) is 23.6. The van der Waals surface area contributed by atoms with E-state index in [2.05, 4.69) is 5.32 Å². The minimum atomic E-state index is -0.705. The van der Waals surface area contributed by atoms with E-state index in [-0.39, 0.29) is 18.2 Å². The lowest BCUT2D eigenvalue weighted by Crippen LogP contribution is -2.37. The maximum Gasteiger partial charge on any atom is 0.252 e. The predicted octanol–water partition coefficient (Wildman–Crippen LogP) is 5.66. The van der Waals surface area contributed by atoms with E-state index in [0.29, 0.717) is 35.5 Å². The molecule has 0 aromatic heterocycles. The molecule has 186 valence electrons. The van der Waals surface area contributed by atoms with E-state index in [1.165, 1.54) is 0 Å².